The second-order valence-corrected chi connectivity index (χ2v) is 6.48. The summed E-state index contributed by atoms with van der Waals surface area (Å²) in [6.45, 7) is 0.412. The lowest BCUT2D eigenvalue weighted by molar-refractivity contribution is 0.413. The van der Waals surface area contributed by atoms with E-state index in [1.54, 1.807) is 50.0 Å². The summed E-state index contributed by atoms with van der Waals surface area (Å²) in [5, 5.41) is 1.08. The fourth-order valence-electron chi connectivity index (χ4n) is 2.80. The zero-order chi connectivity index (χ0) is 19.5. The van der Waals surface area contributed by atoms with E-state index >= 15 is 0 Å². The van der Waals surface area contributed by atoms with Gasteiger partial charge >= 0.3 is 0 Å². The van der Waals surface area contributed by atoms with Crippen LogP contribution in [-0.2, 0) is 6.54 Å². The Labute approximate surface area is 165 Å². The summed E-state index contributed by atoms with van der Waals surface area (Å²) in [6, 6.07) is 10.9. The highest BCUT2D eigenvalue weighted by Gasteiger charge is 2.14. The predicted octanol–water partition coefficient (Wildman–Crippen LogP) is 3.26. The normalized spacial score (nSPS) is 10.8. The van der Waals surface area contributed by atoms with Gasteiger partial charge < -0.3 is 10.2 Å². The van der Waals surface area contributed by atoms with E-state index < -0.39 is 0 Å². The van der Waals surface area contributed by atoms with E-state index in [2.05, 4.69) is 20.4 Å². The number of ether oxygens (including phenoxy) is 1. The molecule has 0 bridgehead atoms. The van der Waals surface area contributed by atoms with Crippen molar-refractivity contribution in [3.63, 3.8) is 0 Å². The van der Waals surface area contributed by atoms with Gasteiger partial charge in [-0.1, -0.05) is 23.7 Å². The van der Waals surface area contributed by atoms with Crippen molar-refractivity contribution < 1.29 is 4.74 Å². The molecule has 140 valence electrons. The number of nitrogens with zero attached hydrogens (tertiary/aromatic N) is 4. The van der Waals surface area contributed by atoms with Gasteiger partial charge in [-0.25, -0.2) is 9.66 Å². The molecule has 3 heterocycles. The first-order valence-electron chi connectivity index (χ1n) is 8.50. The van der Waals surface area contributed by atoms with Crippen molar-refractivity contribution in [2.45, 2.75) is 6.54 Å². The molecule has 0 aliphatic rings. The van der Waals surface area contributed by atoms with Crippen LogP contribution < -0.4 is 15.7 Å². The van der Waals surface area contributed by atoms with Gasteiger partial charge in [-0.05, 0) is 29.8 Å². The molecule has 0 unspecified atom stereocenters. The predicted molar refractivity (Wildman–Crippen MR) is 108 cm³/mol. The fourth-order valence-corrected chi connectivity index (χ4v) is 2.92. The van der Waals surface area contributed by atoms with Crippen molar-refractivity contribution in [1.82, 2.24) is 19.6 Å². The van der Waals surface area contributed by atoms with E-state index in [4.69, 9.17) is 16.3 Å². The number of benzene rings is 1. The topological polar surface area (TPSA) is 81.9 Å². The summed E-state index contributed by atoms with van der Waals surface area (Å²) in [7, 11) is 1.56. The zero-order valence-corrected chi connectivity index (χ0v) is 15.7. The number of pyridine rings is 2. The number of aromatic nitrogens is 4. The van der Waals surface area contributed by atoms with Gasteiger partial charge in [0, 0.05) is 29.2 Å². The molecule has 0 atom stereocenters. The summed E-state index contributed by atoms with van der Waals surface area (Å²) in [4.78, 5) is 26.0. The van der Waals surface area contributed by atoms with Crippen LogP contribution in [0.1, 0.15) is 5.56 Å². The molecule has 8 heteroatoms. The maximum atomic E-state index is 13.1. The van der Waals surface area contributed by atoms with Crippen molar-refractivity contribution >= 4 is 22.5 Å². The Balaban J connectivity index is 1.83. The molecule has 0 aliphatic heterocycles. The van der Waals surface area contributed by atoms with Crippen LogP contribution in [0.25, 0.3) is 22.3 Å². The molecule has 4 aromatic rings. The Hall–Kier alpha value is -3.45. The lowest BCUT2D eigenvalue weighted by Crippen LogP contribution is -2.31. The molecule has 1 N–H and O–H groups in total. The first kappa shape index (κ1) is 17.9. The largest absolute Gasteiger partial charge is 0.495 e. The standard InChI is InChI=1S/C20H16ClN5O2/c1-28-16-8-14(10-23-11-16)19-25-18-6-7-22-12-17(18)20(27)26(19)24-9-13-2-4-15(21)5-3-13/h2-8,10-12,24H,9H2,1H3. The Morgan fingerprint density at radius 1 is 1.11 bits per heavy atom. The molecule has 1 aromatic carbocycles. The van der Waals surface area contributed by atoms with E-state index in [0.717, 1.165) is 5.56 Å². The lowest BCUT2D eigenvalue weighted by Gasteiger charge is -2.15. The molecule has 28 heavy (non-hydrogen) atoms. The number of nitrogens with one attached hydrogen (secondary N) is 1. The molecule has 0 radical (unpaired) electrons. The van der Waals surface area contributed by atoms with E-state index in [0.29, 0.717) is 39.6 Å². The van der Waals surface area contributed by atoms with Crippen LogP contribution >= 0.6 is 11.6 Å². The number of methoxy groups -OCH3 is 1. The van der Waals surface area contributed by atoms with Crippen molar-refractivity contribution in [2.24, 2.45) is 0 Å². The smallest absolute Gasteiger partial charge is 0.281 e. The van der Waals surface area contributed by atoms with Crippen molar-refractivity contribution in [3.05, 3.63) is 82.1 Å². The van der Waals surface area contributed by atoms with E-state index in [1.165, 1.54) is 10.9 Å². The van der Waals surface area contributed by atoms with E-state index in [9.17, 15) is 4.79 Å². The van der Waals surface area contributed by atoms with Gasteiger partial charge in [0.1, 0.15) is 5.75 Å². The minimum atomic E-state index is -0.245. The summed E-state index contributed by atoms with van der Waals surface area (Å²) in [5.74, 6) is 1.01. The number of rotatable bonds is 5. The van der Waals surface area contributed by atoms with Gasteiger partial charge in [0.25, 0.3) is 5.56 Å². The lowest BCUT2D eigenvalue weighted by atomic mass is 10.2. The Morgan fingerprint density at radius 2 is 1.93 bits per heavy atom. The first-order valence-corrected chi connectivity index (χ1v) is 8.88. The van der Waals surface area contributed by atoms with Crippen molar-refractivity contribution in [3.8, 4) is 17.1 Å². The quantitative estimate of drug-likeness (QED) is 0.560. The molecule has 3 aromatic heterocycles. The minimum Gasteiger partial charge on any atom is -0.495 e. The van der Waals surface area contributed by atoms with Crippen molar-refractivity contribution in [2.75, 3.05) is 12.5 Å². The molecule has 4 rings (SSSR count). The van der Waals surface area contributed by atoms with Crippen LogP contribution in [0, 0.1) is 0 Å². The maximum Gasteiger partial charge on any atom is 0.281 e. The second kappa shape index (κ2) is 7.66. The highest BCUT2D eigenvalue weighted by Crippen LogP contribution is 2.21. The van der Waals surface area contributed by atoms with E-state index in [-0.39, 0.29) is 5.56 Å². The van der Waals surface area contributed by atoms with Crippen LogP contribution in [0.5, 0.6) is 5.75 Å². The Morgan fingerprint density at radius 3 is 2.71 bits per heavy atom. The molecule has 0 amide bonds. The average Bonchev–Trinajstić information content (AvgIpc) is 2.74. The Kier molecular flexibility index (Phi) is 4.90. The molecule has 0 spiro atoms. The molecule has 0 aliphatic carbocycles. The summed E-state index contributed by atoms with van der Waals surface area (Å²) in [5.41, 5.74) is 5.08. The Bertz CT molecular complexity index is 1190. The van der Waals surface area contributed by atoms with Crippen LogP contribution in [0.4, 0.5) is 0 Å². The van der Waals surface area contributed by atoms with Crippen LogP contribution in [0.2, 0.25) is 5.02 Å². The third-order valence-corrected chi connectivity index (χ3v) is 4.48. The summed E-state index contributed by atoms with van der Waals surface area (Å²) >= 11 is 5.94. The average molecular weight is 394 g/mol. The summed E-state index contributed by atoms with van der Waals surface area (Å²) in [6.07, 6.45) is 6.35. The molecule has 0 saturated carbocycles. The van der Waals surface area contributed by atoms with Gasteiger partial charge in [0.2, 0.25) is 0 Å². The van der Waals surface area contributed by atoms with Gasteiger partial charge in [-0.3, -0.25) is 14.8 Å². The molecular weight excluding hydrogens is 378 g/mol. The summed E-state index contributed by atoms with van der Waals surface area (Å²) < 4.78 is 6.67. The zero-order valence-electron chi connectivity index (χ0n) is 15.0. The second-order valence-electron chi connectivity index (χ2n) is 6.04. The van der Waals surface area contributed by atoms with Crippen LogP contribution in [-0.4, -0.2) is 26.7 Å². The first-order chi connectivity index (χ1) is 13.7. The third kappa shape index (κ3) is 3.52. The van der Waals surface area contributed by atoms with Crippen molar-refractivity contribution in [1.29, 1.82) is 0 Å². The van der Waals surface area contributed by atoms with Gasteiger partial charge in [-0.15, -0.1) is 0 Å². The SMILES string of the molecule is COc1cncc(-c2nc3ccncc3c(=O)n2NCc2ccc(Cl)cc2)c1. The molecule has 7 nitrogen and oxygen atoms in total. The fraction of sp³-hybridized carbons (Fsp3) is 0.100. The minimum absolute atomic E-state index is 0.245. The van der Waals surface area contributed by atoms with Crippen LogP contribution in [0.3, 0.4) is 0 Å². The monoisotopic (exact) mass is 393 g/mol. The molecule has 0 saturated heterocycles. The highest BCUT2D eigenvalue weighted by atomic mass is 35.5. The van der Waals surface area contributed by atoms with E-state index in [1.807, 2.05) is 12.1 Å². The number of hydrogen-bond acceptors (Lipinski definition) is 6. The highest BCUT2D eigenvalue weighted by molar-refractivity contribution is 6.30. The number of hydrogen-bond donors (Lipinski definition) is 1. The van der Waals surface area contributed by atoms with Gasteiger partial charge in [-0.2, -0.15) is 0 Å². The third-order valence-electron chi connectivity index (χ3n) is 4.23. The number of fused-ring (bicyclic) bond motifs is 1. The van der Waals surface area contributed by atoms with Crippen LogP contribution in [0.15, 0.2) is 66.0 Å². The number of halogens is 1. The van der Waals surface area contributed by atoms with Gasteiger partial charge in [0.05, 0.1) is 30.8 Å². The van der Waals surface area contributed by atoms with Gasteiger partial charge in [0.15, 0.2) is 5.82 Å². The maximum absolute atomic E-state index is 13.1. The molecular formula is C20H16ClN5O2. The molecule has 0 fully saturated rings.